The molecule has 4 N–H and O–H groups in total. The van der Waals surface area contributed by atoms with Crippen molar-refractivity contribution >= 4 is 35.5 Å². The van der Waals surface area contributed by atoms with Gasteiger partial charge in [-0.3, -0.25) is 0 Å². The van der Waals surface area contributed by atoms with Crippen molar-refractivity contribution < 1.29 is 29.9 Å². The molecule has 12 heteroatoms. The first kappa shape index (κ1) is 24.9. The molecule has 0 bridgehead atoms. The Labute approximate surface area is 197 Å². The third kappa shape index (κ3) is 7.67. The fourth-order valence-electron chi connectivity index (χ4n) is 3.38. The van der Waals surface area contributed by atoms with Crippen molar-refractivity contribution in [2.45, 2.75) is 6.92 Å². The van der Waals surface area contributed by atoms with Crippen LogP contribution < -0.4 is 25.5 Å². The van der Waals surface area contributed by atoms with Crippen molar-refractivity contribution in [2.75, 3.05) is 67.6 Å². The topological polar surface area (TPSA) is 160 Å². The van der Waals surface area contributed by atoms with E-state index in [9.17, 15) is 14.7 Å². The summed E-state index contributed by atoms with van der Waals surface area (Å²) in [6, 6.07) is 8.17. The van der Waals surface area contributed by atoms with Crippen LogP contribution in [0.3, 0.4) is 0 Å². The molecular formula is C22H29N7O5. The summed E-state index contributed by atoms with van der Waals surface area (Å²) in [5.41, 5.74) is 2.18. The summed E-state index contributed by atoms with van der Waals surface area (Å²) in [4.78, 5) is 37.6. The number of nitrogens with one attached hydrogen (secondary N) is 1. The van der Waals surface area contributed by atoms with E-state index < -0.39 is 11.9 Å². The standard InChI is InChI=1S/C18H25N7O.C4H4O4/c1-14-4-2-3-5-15(14)20-16-21-17(24-8-6-19-7-9-24)23-18(22-16)25-10-12-26-13-11-25;5-3(6)1-2-4(7)8/h2-5,19H,6-13H2,1H3,(H,20,21,22,23);1-2H,(H,5,6)(H,7,8)/b;2-1+. The van der Waals surface area contributed by atoms with Crippen LogP contribution in [0.4, 0.5) is 23.5 Å². The zero-order valence-electron chi connectivity index (χ0n) is 19.0. The van der Waals surface area contributed by atoms with E-state index in [1.54, 1.807) is 0 Å². The highest BCUT2D eigenvalue weighted by Crippen LogP contribution is 2.22. The third-order valence-electron chi connectivity index (χ3n) is 5.15. The maximum Gasteiger partial charge on any atom is 0.328 e. The third-order valence-corrected chi connectivity index (χ3v) is 5.15. The van der Waals surface area contributed by atoms with Crippen LogP contribution in [0.25, 0.3) is 0 Å². The van der Waals surface area contributed by atoms with Gasteiger partial charge in [-0.1, -0.05) is 18.2 Å². The minimum atomic E-state index is -1.51. The number of benzene rings is 1. The predicted molar refractivity (Wildman–Crippen MR) is 123 cm³/mol. The number of nitrogens with zero attached hydrogens (tertiary/aromatic N) is 5. The van der Waals surface area contributed by atoms with Crippen LogP contribution in [0.5, 0.6) is 0 Å². The lowest BCUT2D eigenvalue weighted by Gasteiger charge is -2.29. The van der Waals surface area contributed by atoms with Gasteiger partial charge < -0.3 is 40.2 Å². The molecule has 182 valence electrons. The highest BCUT2D eigenvalue weighted by molar-refractivity contribution is 5.88. The molecule has 1 aromatic carbocycles. The summed E-state index contributed by atoms with van der Waals surface area (Å²) in [6.07, 6.45) is 0.942. The van der Waals surface area contributed by atoms with Crippen molar-refractivity contribution in [3.8, 4) is 0 Å². The molecule has 2 aliphatic heterocycles. The van der Waals surface area contributed by atoms with Gasteiger partial charge in [-0.15, -0.1) is 0 Å². The quantitative estimate of drug-likeness (QED) is 0.422. The number of carboxylic acids is 2. The van der Waals surface area contributed by atoms with Gasteiger partial charge in [-0.05, 0) is 24.6 Å². The van der Waals surface area contributed by atoms with Crippen molar-refractivity contribution in [1.82, 2.24) is 15.0 Å². The molecule has 0 aliphatic carbocycles. The molecule has 0 radical (unpaired) electrons. The Morgan fingerprint density at radius 1 is 1.03 bits per heavy atom. The van der Waals surface area contributed by atoms with E-state index in [4.69, 9.17) is 24.8 Å². The molecule has 2 aliphatic rings. The second-order valence-electron chi connectivity index (χ2n) is 7.64. The number of aryl methyl sites for hydroxylation is 1. The van der Waals surface area contributed by atoms with Crippen molar-refractivity contribution in [3.63, 3.8) is 0 Å². The molecule has 0 spiro atoms. The zero-order chi connectivity index (χ0) is 24.3. The predicted octanol–water partition coefficient (Wildman–Crippen LogP) is -1.48. The van der Waals surface area contributed by atoms with Gasteiger partial charge in [0.05, 0.1) is 45.4 Å². The smallest absolute Gasteiger partial charge is 0.328 e. The van der Waals surface area contributed by atoms with E-state index >= 15 is 0 Å². The lowest BCUT2D eigenvalue weighted by Crippen LogP contribution is -2.89. The van der Waals surface area contributed by atoms with Gasteiger partial charge in [-0.2, -0.15) is 15.0 Å². The van der Waals surface area contributed by atoms with Crippen molar-refractivity contribution in [3.05, 3.63) is 42.0 Å². The molecule has 0 unspecified atom stereocenters. The fourth-order valence-corrected chi connectivity index (χ4v) is 3.38. The average Bonchev–Trinajstić information content (AvgIpc) is 2.85. The Morgan fingerprint density at radius 2 is 1.65 bits per heavy atom. The summed E-state index contributed by atoms with van der Waals surface area (Å²) in [7, 11) is 0. The molecule has 12 nitrogen and oxygen atoms in total. The molecule has 0 atom stereocenters. The van der Waals surface area contributed by atoms with E-state index in [1.807, 2.05) is 18.2 Å². The summed E-state index contributed by atoms with van der Waals surface area (Å²) < 4.78 is 5.47. The van der Waals surface area contributed by atoms with Crippen LogP contribution in [-0.4, -0.2) is 84.5 Å². The van der Waals surface area contributed by atoms with Gasteiger partial charge in [0.1, 0.15) is 0 Å². The number of hydrogen-bond donors (Lipinski definition) is 3. The Bertz CT molecular complexity index is 953. The van der Waals surface area contributed by atoms with Gasteiger partial charge >= 0.3 is 5.97 Å². The van der Waals surface area contributed by atoms with E-state index in [-0.39, 0.29) is 0 Å². The number of carbonyl (C=O) groups is 2. The molecule has 0 amide bonds. The number of aromatic nitrogens is 3. The molecule has 2 saturated heterocycles. The molecule has 1 aromatic heterocycles. The lowest BCUT2D eigenvalue weighted by molar-refractivity contribution is -0.655. The maximum atomic E-state index is 9.53. The van der Waals surface area contributed by atoms with Gasteiger partial charge in [0.25, 0.3) is 0 Å². The maximum absolute atomic E-state index is 9.53. The Kier molecular flexibility index (Phi) is 9.12. The lowest BCUT2D eigenvalue weighted by atomic mass is 10.2. The molecule has 4 rings (SSSR count). The Morgan fingerprint density at radius 3 is 2.21 bits per heavy atom. The summed E-state index contributed by atoms with van der Waals surface area (Å²) in [6.45, 7) is 9.15. The second-order valence-corrected chi connectivity index (χ2v) is 7.64. The second kappa shape index (κ2) is 12.5. The molecule has 0 saturated carbocycles. The zero-order valence-corrected chi connectivity index (χ0v) is 19.0. The molecule has 2 fully saturated rings. The summed E-state index contributed by atoms with van der Waals surface area (Å²) in [5.74, 6) is -0.725. The van der Waals surface area contributed by atoms with Gasteiger partial charge in [0, 0.05) is 24.9 Å². The highest BCUT2D eigenvalue weighted by Gasteiger charge is 2.21. The number of quaternary nitrogens is 1. The van der Waals surface area contributed by atoms with Crippen LogP contribution in [0.15, 0.2) is 36.4 Å². The fraction of sp³-hybridized carbons (Fsp3) is 0.409. The first-order valence-corrected chi connectivity index (χ1v) is 11.0. The number of piperazine rings is 1. The summed E-state index contributed by atoms with van der Waals surface area (Å²) in [5, 5.41) is 22.9. The number of nitrogens with two attached hydrogens (primary N) is 1. The highest BCUT2D eigenvalue weighted by atomic mass is 16.5. The minimum Gasteiger partial charge on any atom is -0.545 e. The van der Waals surface area contributed by atoms with E-state index in [2.05, 4.69) is 33.4 Å². The van der Waals surface area contributed by atoms with Crippen LogP contribution in [0, 0.1) is 6.92 Å². The monoisotopic (exact) mass is 471 g/mol. The van der Waals surface area contributed by atoms with E-state index in [0.717, 1.165) is 62.4 Å². The molecule has 3 heterocycles. The van der Waals surface area contributed by atoms with Crippen LogP contribution in [0.1, 0.15) is 5.56 Å². The van der Waals surface area contributed by atoms with E-state index in [0.29, 0.717) is 31.3 Å². The first-order chi connectivity index (χ1) is 16.4. The molecule has 34 heavy (non-hydrogen) atoms. The number of morpholine rings is 1. The SMILES string of the molecule is Cc1ccccc1Nc1nc(N2CC[NH2+]CC2)nc(N2CCOCC2)n1.O=C([O-])/C=C/C(=O)O. The van der Waals surface area contributed by atoms with Crippen LogP contribution >= 0.6 is 0 Å². The van der Waals surface area contributed by atoms with Crippen molar-refractivity contribution in [2.24, 2.45) is 0 Å². The van der Waals surface area contributed by atoms with Gasteiger partial charge in [0.15, 0.2) is 0 Å². The summed E-state index contributed by atoms with van der Waals surface area (Å²) >= 11 is 0. The Hall–Kier alpha value is -3.77. The largest absolute Gasteiger partial charge is 0.545 e. The minimum absolute atomic E-state index is 0.447. The number of para-hydroxylation sites is 1. The van der Waals surface area contributed by atoms with Crippen LogP contribution in [-0.2, 0) is 14.3 Å². The number of aliphatic carboxylic acids is 2. The average molecular weight is 472 g/mol. The van der Waals surface area contributed by atoms with E-state index in [1.165, 1.54) is 0 Å². The molecular weight excluding hydrogens is 442 g/mol. The molecule has 2 aromatic rings. The Balaban J connectivity index is 0.000000350. The number of rotatable bonds is 6. The van der Waals surface area contributed by atoms with Gasteiger partial charge in [0.2, 0.25) is 17.8 Å². The first-order valence-electron chi connectivity index (χ1n) is 11.0. The number of carboxylic acid groups (broad SMARTS) is 2. The number of carbonyl (C=O) groups excluding carboxylic acids is 1. The number of anilines is 4. The van der Waals surface area contributed by atoms with Crippen LogP contribution in [0.2, 0.25) is 0 Å². The van der Waals surface area contributed by atoms with Crippen molar-refractivity contribution in [1.29, 1.82) is 0 Å². The number of ether oxygens (including phenoxy) is 1. The van der Waals surface area contributed by atoms with Gasteiger partial charge in [-0.25, -0.2) is 4.79 Å². The number of hydrogen-bond acceptors (Lipinski definition) is 10. The normalized spacial score (nSPS) is 16.0.